The quantitative estimate of drug-likeness (QED) is 0.452. The van der Waals surface area contributed by atoms with Gasteiger partial charge in [0.05, 0.1) is 11.7 Å². The zero-order valence-corrected chi connectivity index (χ0v) is 18.5. The number of hydrogen-bond acceptors (Lipinski definition) is 5. The predicted octanol–water partition coefficient (Wildman–Crippen LogP) is 4.23. The molecular weight excluding hydrogens is 434 g/mol. The standard InChI is InChI=1S/C25H21N5O2S/c33-25-28-23(19-6-1-2-11-27-19)24(30(25)18-8-9-21-22(13-18)32-16-31-21)20-7-4-12-29(20)15-17-5-3-10-26-14-17/h1-14,23-24H,15-16H2,(H,28,33)/t23-,24+/m1/s1. The maximum absolute atomic E-state index is 5.85. The molecule has 0 aliphatic carbocycles. The summed E-state index contributed by atoms with van der Waals surface area (Å²) in [7, 11) is 0. The first-order chi connectivity index (χ1) is 16.3. The summed E-state index contributed by atoms with van der Waals surface area (Å²) >= 11 is 5.85. The van der Waals surface area contributed by atoms with Gasteiger partial charge < -0.3 is 24.3 Å². The highest BCUT2D eigenvalue weighted by Gasteiger charge is 2.42. The van der Waals surface area contributed by atoms with Crippen molar-refractivity contribution in [2.75, 3.05) is 11.7 Å². The van der Waals surface area contributed by atoms with Crippen molar-refractivity contribution in [1.29, 1.82) is 0 Å². The molecule has 1 saturated heterocycles. The topological polar surface area (TPSA) is 64.4 Å². The lowest BCUT2D eigenvalue weighted by molar-refractivity contribution is 0.174. The lowest BCUT2D eigenvalue weighted by Crippen LogP contribution is -2.30. The van der Waals surface area contributed by atoms with Crippen molar-refractivity contribution >= 4 is 23.0 Å². The number of hydrogen-bond donors (Lipinski definition) is 1. The van der Waals surface area contributed by atoms with Gasteiger partial charge in [-0.2, -0.15) is 0 Å². The monoisotopic (exact) mass is 455 g/mol. The van der Waals surface area contributed by atoms with Gasteiger partial charge in [-0.3, -0.25) is 9.97 Å². The summed E-state index contributed by atoms with van der Waals surface area (Å²) in [6.07, 6.45) is 7.59. The Balaban J connectivity index is 1.45. The lowest BCUT2D eigenvalue weighted by Gasteiger charge is -2.29. The van der Waals surface area contributed by atoms with Gasteiger partial charge in [0, 0.05) is 48.8 Å². The number of aromatic nitrogens is 3. The van der Waals surface area contributed by atoms with E-state index in [0.29, 0.717) is 11.7 Å². The van der Waals surface area contributed by atoms with Crippen molar-refractivity contribution < 1.29 is 9.47 Å². The maximum atomic E-state index is 5.85. The summed E-state index contributed by atoms with van der Waals surface area (Å²) < 4.78 is 13.4. The minimum atomic E-state index is -0.119. The number of ether oxygens (including phenoxy) is 2. The van der Waals surface area contributed by atoms with Crippen molar-refractivity contribution in [2.45, 2.75) is 18.6 Å². The van der Waals surface area contributed by atoms with Gasteiger partial charge >= 0.3 is 0 Å². The number of thiocarbonyl (C=S) groups is 1. The van der Waals surface area contributed by atoms with Crippen LogP contribution in [-0.2, 0) is 6.54 Å². The van der Waals surface area contributed by atoms with Gasteiger partial charge in [-0.05, 0) is 60.2 Å². The van der Waals surface area contributed by atoms with Crippen molar-refractivity contribution in [2.24, 2.45) is 0 Å². The van der Waals surface area contributed by atoms with Gasteiger partial charge in [0.2, 0.25) is 6.79 Å². The van der Waals surface area contributed by atoms with Crippen molar-refractivity contribution in [1.82, 2.24) is 19.9 Å². The van der Waals surface area contributed by atoms with E-state index in [9.17, 15) is 0 Å². The van der Waals surface area contributed by atoms with Gasteiger partial charge in [0.15, 0.2) is 16.6 Å². The van der Waals surface area contributed by atoms with Crippen LogP contribution in [0.4, 0.5) is 5.69 Å². The first-order valence-corrected chi connectivity index (χ1v) is 11.1. The van der Waals surface area contributed by atoms with Gasteiger partial charge in [-0.25, -0.2) is 0 Å². The number of nitrogens with one attached hydrogen (secondary N) is 1. The molecule has 4 aromatic rings. The molecule has 2 aliphatic heterocycles. The van der Waals surface area contributed by atoms with E-state index >= 15 is 0 Å². The molecule has 8 heteroatoms. The Labute approximate surface area is 196 Å². The number of nitrogens with zero attached hydrogens (tertiary/aromatic N) is 4. The third kappa shape index (κ3) is 3.58. The normalized spacial score (nSPS) is 19.0. The average Bonchev–Trinajstić information content (AvgIpc) is 3.58. The second-order valence-corrected chi connectivity index (χ2v) is 8.34. The smallest absolute Gasteiger partial charge is 0.231 e. The van der Waals surface area contributed by atoms with E-state index < -0.39 is 0 Å². The van der Waals surface area contributed by atoms with Crippen LogP contribution in [0.5, 0.6) is 11.5 Å². The van der Waals surface area contributed by atoms with E-state index in [4.69, 9.17) is 21.7 Å². The van der Waals surface area contributed by atoms with E-state index in [0.717, 1.165) is 34.1 Å². The molecule has 7 nitrogen and oxygen atoms in total. The minimum Gasteiger partial charge on any atom is -0.454 e. The predicted molar refractivity (Wildman–Crippen MR) is 128 cm³/mol. The second-order valence-electron chi connectivity index (χ2n) is 7.96. The Bertz CT molecular complexity index is 1290. The number of pyridine rings is 2. The molecule has 33 heavy (non-hydrogen) atoms. The third-order valence-corrected chi connectivity index (χ3v) is 6.29. The van der Waals surface area contributed by atoms with E-state index in [-0.39, 0.29) is 18.9 Å². The Kier molecular flexibility index (Phi) is 4.92. The van der Waals surface area contributed by atoms with E-state index in [2.05, 4.69) is 49.1 Å². The van der Waals surface area contributed by atoms with Crippen LogP contribution in [0.2, 0.25) is 0 Å². The minimum absolute atomic E-state index is 0.112. The summed E-state index contributed by atoms with van der Waals surface area (Å²) in [5.41, 5.74) is 4.13. The van der Waals surface area contributed by atoms with Crippen LogP contribution >= 0.6 is 12.2 Å². The van der Waals surface area contributed by atoms with Gasteiger partial charge in [-0.1, -0.05) is 12.1 Å². The molecule has 1 fully saturated rings. The molecule has 2 aliphatic rings. The largest absolute Gasteiger partial charge is 0.454 e. The summed E-state index contributed by atoms with van der Waals surface area (Å²) in [5.74, 6) is 1.47. The van der Waals surface area contributed by atoms with E-state index in [1.54, 1.807) is 6.20 Å². The third-order valence-electron chi connectivity index (χ3n) is 5.98. The molecule has 0 unspecified atom stereocenters. The van der Waals surface area contributed by atoms with Gasteiger partial charge in [0.1, 0.15) is 6.04 Å². The number of benzene rings is 1. The molecule has 5 heterocycles. The van der Waals surface area contributed by atoms with Crippen LogP contribution in [0.25, 0.3) is 0 Å². The zero-order chi connectivity index (χ0) is 22.2. The number of rotatable bonds is 5. The Hall–Kier alpha value is -3.91. The highest BCUT2D eigenvalue weighted by molar-refractivity contribution is 7.80. The molecule has 0 spiro atoms. The maximum Gasteiger partial charge on any atom is 0.231 e. The van der Waals surface area contributed by atoms with Gasteiger partial charge in [-0.15, -0.1) is 0 Å². The second kappa shape index (κ2) is 8.22. The van der Waals surface area contributed by atoms with Crippen LogP contribution in [-0.4, -0.2) is 26.4 Å². The lowest BCUT2D eigenvalue weighted by atomic mass is 10.0. The van der Waals surface area contributed by atoms with Crippen LogP contribution in [0.1, 0.15) is 29.0 Å². The molecule has 0 bridgehead atoms. The molecule has 2 atom stereocenters. The molecule has 164 valence electrons. The molecule has 0 amide bonds. The first-order valence-electron chi connectivity index (χ1n) is 10.7. The van der Waals surface area contributed by atoms with Crippen LogP contribution in [0.15, 0.2) is 85.5 Å². The Morgan fingerprint density at radius 1 is 1.00 bits per heavy atom. The Morgan fingerprint density at radius 3 is 2.79 bits per heavy atom. The highest BCUT2D eigenvalue weighted by Crippen LogP contribution is 2.44. The molecule has 1 N–H and O–H groups in total. The van der Waals surface area contributed by atoms with Crippen LogP contribution in [0.3, 0.4) is 0 Å². The van der Waals surface area contributed by atoms with E-state index in [1.807, 2.05) is 54.9 Å². The van der Waals surface area contributed by atoms with Gasteiger partial charge in [0.25, 0.3) is 0 Å². The molecular formula is C25H21N5O2S. The summed E-state index contributed by atoms with van der Waals surface area (Å²) in [6, 6.07) is 19.9. The highest BCUT2D eigenvalue weighted by atomic mass is 32.1. The average molecular weight is 456 g/mol. The summed E-state index contributed by atoms with van der Waals surface area (Å²) in [4.78, 5) is 11.1. The van der Waals surface area contributed by atoms with Crippen molar-refractivity contribution in [3.63, 3.8) is 0 Å². The summed E-state index contributed by atoms with van der Waals surface area (Å²) in [6.45, 7) is 0.943. The number of fused-ring (bicyclic) bond motifs is 1. The van der Waals surface area contributed by atoms with E-state index in [1.165, 1.54) is 0 Å². The molecule has 6 rings (SSSR count). The fourth-order valence-electron chi connectivity index (χ4n) is 4.50. The number of anilines is 1. The zero-order valence-electron chi connectivity index (χ0n) is 17.7. The van der Waals surface area contributed by atoms with Crippen LogP contribution in [0, 0.1) is 0 Å². The Morgan fingerprint density at radius 2 is 1.94 bits per heavy atom. The van der Waals surface area contributed by atoms with Crippen molar-refractivity contribution in [3.05, 3.63) is 102 Å². The van der Waals surface area contributed by atoms with Crippen molar-refractivity contribution in [3.8, 4) is 11.5 Å². The molecule has 1 aromatic carbocycles. The molecule has 0 saturated carbocycles. The fraction of sp³-hybridized carbons (Fsp3) is 0.160. The molecule has 3 aromatic heterocycles. The fourth-order valence-corrected chi connectivity index (χ4v) is 4.84. The first kappa shape index (κ1) is 19.8. The summed E-state index contributed by atoms with van der Waals surface area (Å²) in [5, 5.41) is 4.16. The molecule has 0 radical (unpaired) electrons. The SMILES string of the molecule is S=C1N[C@H](c2ccccn2)[C@H](c2cccn2Cc2cccnc2)N1c1ccc2c(c1)OCO2. The van der Waals surface area contributed by atoms with Crippen LogP contribution < -0.4 is 19.7 Å².